The first-order chi connectivity index (χ1) is 7.78. The van der Waals surface area contributed by atoms with Crippen LogP contribution in [0.5, 0.6) is 0 Å². The molecule has 2 heterocycles. The molecular weight excluding hydrogens is 212 g/mol. The molecule has 2 fully saturated rings. The maximum absolute atomic E-state index is 7.62. The molecule has 2 unspecified atom stereocenters. The minimum absolute atomic E-state index is 0.125. The van der Waals surface area contributed by atoms with Gasteiger partial charge in [0.05, 0.1) is 39.6 Å². The van der Waals surface area contributed by atoms with Crippen LogP contribution in [0.4, 0.5) is 0 Å². The molecule has 0 bridgehead atoms. The molecule has 0 radical (unpaired) electrons. The second kappa shape index (κ2) is 11.0. The van der Waals surface area contributed by atoms with Gasteiger partial charge in [0.15, 0.2) is 0 Å². The Hall–Kier alpha value is -0.460. The number of hydrogen-bond acceptors (Lipinski definition) is 5. The third-order valence-corrected chi connectivity index (χ3v) is 1.51. The number of hydrogen-bond donors (Lipinski definition) is 2. The van der Waals surface area contributed by atoms with Crippen LogP contribution in [0, 0.1) is 0 Å². The van der Waals surface area contributed by atoms with Crippen LogP contribution in [0.25, 0.3) is 0 Å². The molecule has 2 rings (SSSR count). The van der Waals surface area contributed by atoms with Crippen molar-refractivity contribution in [1.29, 1.82) is 0 Å². The van der Waals surface area contributed by atoms with E-state index in [4.69, 9.17) is 24.4 Å². The molecule has 5 nitrogen and oxygen atoms in total. The lowest BCUT2D eigenvalue weighted by Crippen LogP contribution is -2.06. The van der Waals surface area contributed by atoms with E-state index in [9.17, 15) is 0 Å². The van der Waals surface area contributed by atoms with Crippen LogP contribution in [0.1, 0.15) is 6.92 Å². The molecule has 2 aliphatic heterocycles. The van der Waals surface area contributed by atoms with E-state index in [0.717, 1.165) is 26.4 Å². The van der Waals surface area contributed by atoms with E-state index in [-0.39, 0.29) is 13.2 Å². The number of ether oxygens (including phenoxy) is 3. The number of allylic oxidation sites excluding steroid dienone is 1. The molecule has 2 atom stereocenters. The second-order valence-corrected chi connectivity index (χ2v) is 3.30. The van der Waals surface area contributed by atoms with E-state index in [1.165, 1.54) is 0 Å². The summed E-state index contributed by atoms with van der Waals surface area (Å²) in [7, 11) is 0. The van der Waals surface area contributed by atoms with E-state index in [0.29, 0.717) is 12.2 Å². The van der Waals surface area contributed by atoms with Gasteiger partial charge < -0.3 is 24.4 Å². The Morgan fingerprint density at radius 1 is 1.19 bits per heavy atom. The summed E-state index contributed by atoms with van der Waals surface area (Å²) in [5.74, 6) is 0. The van der Waals surface area contributed by atoms with Gasteiger partial charge in [-0.2, -0.15) is 0 Å². The molecule has 96 valence electrons. The molecule has 0 aliphatic carbocycles. The van der Waals surface area contributed by atoms with Crippen molar-refractivity contribution in [1.82, 2.24) is 0 Å². The Balaban J connectivity index is 0.000000275. The zero-order valence-corrected chi connectivity index (χ0v) is 9.80. The van der Waals surface area contributed by atoms with Gasteiger partial charge in [-0.05, 0) is 6.92 Å². The van der Waals surface area contributed by atoms with Gasteiger partial charge >= 0.3 is 0 Å². The Bertz CT molecular complexity index is 140. The summed E-state index contributed by atoms with van der Waals surface area (Å²) in [5.41, 5.74) is 0. The van der Waals surface area contributed by atoms with Crippen LogP contribution in [0.2, 0.25) is 0 Å². The maximum Gasteiger partial charge on any atom is 0.104 e. The van der Waals surface area contributed by atoms with Crippen LogP contribution in [-0.2, 0) is 14.2 Å². The molecule has 16 heavy (non-hydrogen) atoms. The number of aliphatic hydroxyl groups excluding tert-OH is 2. The predicted octanol–water partition coefficient (Wildman–Crippen LogP) is -0.0361. The summed E-state index contributed by atoms with van der Waals surface area (Å²) >= 11 is 0. The molecule has 0 aromatic carbocycles. The maximum atomic E-state index is 7.62. The predicted molar refractivity (Wildman–Crippen MR) is 60.3 cm³/mol. The van der Waals surface area contributed by atoms with Crippen molar-refractivity contribution in [3.8, 4) is 0 Å². The van der Waals surface area contributed by atoms with Crippen molar-refractivity contribution in [2.45, 2.75) is 19.1 Å². The third kappa shape index (κ3) is 13.5. The first-order valence-corrected chi connectivity index (χ1v) is 5.38. The van der Waals surface area contributed by atoms with Crippen molar-refractivity contribution in [3.63, 3.8) is 0 Å². The highest BCUT2D eigenvalue weighted by Crippen LogP contribution is 2.12. The molecular formula is C11H22O5. The molecule has 0 spiro atoms. The fraction of sp³-hybridized carbons (Fsp3) is 0.818. The first-order valence-electron chi connectivity index (χ1n) is 5.38. The van der Waals surface area contributed by atoms with Gasteiger partial charge in [0.25, 0.3) is 0 Å². The summed E-state index contributed by atoms with van der Waals surface area (Å²) in [4.78, 5) is 0. The highest BCUT2D eigenvalue weighted by atomic mass is 16.6. The highest BCUT2D eigenvalue weighted by molar-refractivity contribution is 4.71. The summed E-state index contributed by atoms with van der Waals surface area (Å²) < 4.78 is 15.1. The fourth-order valence-electron chi connectivity index (χ4n) is 0.659. The Morgan fingerprint density at radius 2 is 1.50 bits per heavy atom. The van der Waals surface area contributed by atoms with Crippen LogP contribution in [0.3, 0.4) is 0 Å². The van der Waals surface area contributed by atoms with E-state index in [2.05, 4.69) is 6.58 Å². The van der Waals surface area contributed by atoms with Crippen molar-refractivity contribution in [2.75, 3.05) is 39.6 Å². The van der Waals surface area contributed by atoms with E-state index >= 15 is 0 Å². The molecule has 0 aromatic rings. The number of aliphatic hydroxyl groups is 2. The Kier molecular flexibility index (Phi) is 10.7. The smallest absolute Gasteiger partial charge is 0.104 e. The standard InChI is InChI=1S/C6H10O3.C3H6.C2H6O2/c1(5-3-8-5)7-2-6-4-9-6;1-3-2;3-1-2-4/h5-6H,1-4H2;3H,1H2,2H3;3-4H,1-2H2. The van der Waals surface area contributed by atoms with Crippen molar-refractivity contribution < 1.29 is 24.4 Å². The monoisotopic (exact) mass is 234 g/mol. The van der Waals surface area contributed by atoms with E-state index < -0.39 is 0 Å². The SMILES string of the molecule is C(OCC1CO1)C1CO1.C=CC.OCCO. The summed E-state index contributed by atoms with van der Waals surface area (Å²) in [6, 6.07) is 0. The molecule has 2 aliphatic rings. The lowest BCUT2D eigenvalue weighted by Gasteiger charge is -1.95. The zero-order valence-electron chi connectivity index (χ0n) is 9.80. The molecule has 0 aromatic heterocycles. The zero-order chi connectivity index (χ0) is 12.2. The van der Waals surface area contributed by atoms with Crippen LogP contribution >= 0.6 is 0 Å². The fourth-order valence-corrected chi connectivity index (χ4v) is 0.659. The van der Waals surface area contributed by atoms with Crippen molar-refractivity contribution in [3.05, 3.63) is 12.7 Å². The van der Waals surface area contributed by atoms with Crippen molar-refractivity contribution in [2.24, 2.45) is 0 Å². The topological polar surface area (TPSA) is 74.8 Å². The second-order valence-electron chi connectivity index (χ2n) is 3.30. The van der Waals surface area contributed by atoms with Gasteiger partial charge in [-0.1, -0.05) is 6.08 Å². The van der Waals surface area contributed by atoms with Gasteiger partial charge in [-0.3, -0.25) is 0 Å². The lowest BCUT2D eigenvalue weighted by molar-refractivity contribution is 0.102. The highest BCUT2D eigenvalue weighted by Gasteiger charge is 2.26. The van der Waals surface area contributed by atoms with Gasteiger partial charge in [0.1, 0.15) is 12.2 Å². The minimum atomic E-state index is -0.125. The minimum Gasteiger partial charge on any atom is -0.394 e. The lowest BCUT2D eigenvalue weighted by atomic mass is 10.5. The third-order valence-electron chi connectivity index (χ3n) is 1.51. The number of rotatable bonds is 5. The molecule has 0 amide bonds. The summed E-state index contributed by atoms with van der Waals surface area (Å²) in [6.07, 6.45) is 2.53. The van der Waals surface area contributed by atoms with Crippen LogP contribution < -0.4 is 0 Å². The van der Waals surface area contributed by atoms with Gasteiger partial charge in [-0.25, -0.2) is 0 Å². The largest absolute Gasteiger partial charge is 0.394 e. The Morgan fingerprint density at radius 3 is 1.69 bits per heavy atom. The van der Waals surface area contributed by atoms with Gasteiger partial charge in [0.2, 0.25) is 0 Å². The quantitative estimate of drug-likeness (QED) is 0.516. The number of epoxide rings is 2. The van der Waals surface area contributed by atoms with Crippen LogP contribution in [0.15, 0.2) is 12.7 Å². The molecule has 2 N–H and O–H groups in total. The van der Waals surface area contributed by atoms with E-state index in [1.807, 2.05) is 6.92 Å². The van der Waals surface area contributed by atoms with Crippen molar-refractivity contribution >= 4 is 0 Å². The molecule has 2 saturated heterocycles. The molecule has 0 saturated carbocycles. The normalized spacial score (nSPS) is 24.4. The summed E-state index contributed by atoms with van der Waals surface area (Å²) in [6.45, 7) is 8.26. The first kappa shape index (κ1) is 15.5. The average molecular weight is 234 g/mol. The Labute approximate surface area is 96.6 Å². The average Bonchev–Trinajstić information content (AvgIpc) is 3.13. The van der Waals surface area contributed by atoms with Gasteiger partial charge in [-0.15, -0.1) is 6.58 Å². The van der Waals surface area contributed by atoms with Crippen LogP contribution in [-0.4, -0.2) is 62.1 Å². The van der Waals surface area contributed by atoms with Gasteiger partial charge in [0, 0.05) is 0 Å². The molecule has 5 heteroatoms. The van der Waals surface area contributed by atoms with E-state index in [1.54, 1.807) is 6.08 Å². The summed E-state index contributed by atoms with van der Waals surface area (Å²) in [5, 5.41) is 15.2.